The van der Waals surface area contributed by atoms with Crippen molar-refractivity contribution < 1.29 is 5.11 Å². The Morgan fingerprint density at radius 3 is 2.76 bits per heavy atom. The van der Waals surface area contributed by atoms with Crippen molar-refractivity contribution in [3.05, 3.63) is 29.3 Å². The lowest BCUT2D eigenvalue weighted by molar-refractivity contribution is 0.0821. The van der Waals surface area contributed by atoms with Gasteiger partial charge in [-0.1, -0.05) is 32.4 Å². The van der Waals surface area contributed by atoms with Gasteiger partial charge in [0.2, 0.25) is 0 Å². The van der Waals surface area contributed by atoms with Crippen molar-refractivity contribution in [2.75, 3.05) is 12.3 Å². The zero-order valence-corrected chi connectivity index (χ0v) is 10.7. The van der Waals surface area contributed by atoms with Crippen molar-refractivity contribution in [1.29, 1.82) is 0 Å². The molecule has 17 heavy (non-hydrogen) atoms. The Morgan fingerprint density at radius 1 is 1.41 bits per heavy atom. The van der Waals surface area contributed by atoms with Crippen LogP contribution in [0.4, 0.5) is 5.69 Å². The van der Waals surface area contributed by atoms with Crippen molar-refractivity contribution in [2.45, 2.75) is 39.4 Å². The summed E-state index contributed by atoms with van der Waals surface area (Å²) in [5.74, 6) is 0.510. The number of rotatable bonds is 4. The third kappa shape index (κ3) is 2.31. The van der Waals surface area contributed by atoms with Gasteiger partial charge in [-0.25, -0.2) is 0 Å². The molecule has 0 aromatic heterocycles. The SMILES string of the molecule is CCC(C)C(CO)N1Cc2cccc(N)c2C1. The van der Waals surface area contributed by atoms with E-state index in [1.807, 2.05) is 12.1 Å². The van der Waals surface area contributed by atoms with Gasteiger partial charge in [-0.05, 0) is 23.1 Å². The molecule has 3 heteroatoms. The van der Waals surface area contributed by atoms with Crippen LogP contribution in [0.3, 0.4) is 0 Å². The number of aliphatic hydroxyl groups is 1. The fraction of sp³-hybridized carbons (Fsp3) is 0.571. The number of benzene rings is 1. The van der Waals surface area contributed by atoms with Gasteiger partial charge in [0, 0.05) is 24.8 Å². The molecular weight excluding hydrogens is 212 g/mol. The van der Waals surface area contributed by atoms with E-state index < -0.39 is 0 Å². The lowest BCUT2D eigenvalue weighted by Crippen LogP contribution is -2.38. The molecule has 0 amide bonds. The molecule has 2 unspecified atom stereocenters. The summed E-state index contributed by atoms with van der Waals surface area (Å²) in [6, 6.07) is 6.34. The summed E-state index contributed by atoms with van der Waals surface area (Å²) in [6.45, 7) is 6.38. The Bertz CT molecular complexity index is 392. The Balaban J connectivity index is 2.16. The Labute approximate surface area is 103 Å². The van der Waals surface area contributed by atoms with E-state index in [2.05, 4.69) is 24.8 Å². The number of fused-ring (bicyclic) bond motifs is 1. The number of nitrogens with zero attached hydrogens (tertiary/aromatic N) is 1. The lowest BCUT2D eigenvalue weighted by Gasteiger charge is -2.30. The maximum absolute atomic E-state index is 9.56. The lowest BCUT2D eigenvalue weighted by atomic mass is 9.98. The first-order valence-corrected chi connectivity index (χ1v) is 6.38. The molecule has 2 rings (SSSR count). The van der Waals surface area contributed by atoms with Gasteiger partial charge >= 0.3 is 0 Å². The molecule has 1 aromatic rings. The first-order chi connectivity index (χ1) is 8.17. The van der Waals surface area contributed by atoms with E-state index in [0.717, 1.165) is 25.2 Å². The van der Waals surface area contributed by atoms with Crippen LogP contribution < -0.4 is 5.73 Å². The summed E-state index contributed by atoms with van der Waals surface area (Å²) >= 11 is 0. The van der Waals surface area contributed by atoms with E-state index in [1.165, 1.54) is 11.1 Å². The van der Waals surface area contributed by atoms with Gasteiger partial charge < -0.3 is 10.8 Å². The number of nitrogen functional groups attached to an aromatic ring is 1. The van der Waals surface area contributed by atoms with Gasteiger partial charge in [-0.3, -0.25) is 4.90 Å². The number of hydrogen-bond acceptors (Lipinski definition) is 3. The van der Waals surface area contributed by atoms with Gasteiger partial charge in [0.1, 0.15) is 0 Å². The second-order valence-electron chi connectivity index (χ2n) is 5.03. The predicted molar refractivity (Wildman–Crippen MR) is 70.4 cm³/mol. The van der Waals surface area contributed by atoms with Crippen LogP contribution in [0.1, 0.15) is 31.4 Å². The minimum atomic E-state index is 0.225. The van der Waals surface area contributed by atoms with E-state index in [4.69, 9.17) is 5.73 Å². The molecule has 0 fully saturated rings. The Morgan fingerprint density at radius 2 is 2.18 bits per heavy atom. The summed E-state index contributed by atoms with van der Waals surface area (Å²) in [5, 5.41) is 9.56. The van der Waals surface area contributed by atoms with Crippen LogP contribution in [0.5, 0.6) is 0 Å². The van der Waals surface area contributed by atoms with Crippen molar-refractivity contribution in [2.24, 2.45) is 5.92 Å². The number of hydrogen-bond donors (Lipinski definition) is 2. The smallest absolute Gasteiger partial charge is 0.0589 e. The highest BCUT2D eigenvalue weighted by molar-refractivity contribution is 5.52. The quantitative estimate of drug-likeness (QED) is 0.783. The first kappa shape index (κ1) is 12.4. The van der Waals surface area contributed by atoms with Gasteiger partial charge in [-0.2, -0.15) is 0 Å². The third-order valence-corrected chi connectivity index (χ3v) is 4.00. The van der Waals surface area contributed by atoms with E-state index in [1.54, 1.807) is 0 Å². The van der Waals surface area contributed by atoms with Crippen molar-refractivity contribution in [3.63, 3.8) is 0 Å². The minimum absolute atomic E-state index is 0.225. The number of anilines is 1. The zero-order valence-electron chi connectivity index (χ0n) is 10.7. The van der Waals surface area contributed by atoms with Crippen LogP contribution in [-0.2, 0) is 13.1 Å². The highest BCUT2D eigenvalue weighted by Gasteiger charge is 2.29. The molecule has 1 aromatic carbocycles. The maximum atomic E-state index is 9.56. The van der Waals surface area contributed by atoms with Crippen molar-refractivity contribution >= 4 is 5.69 Å². The summed E-state index contributed by atoms with van der Waals surface area (Å²) < 4.78 is 0. The maximum Gasteiger partial charge on any atom is 0.0589 e. The number of nitrogens with two attached hydrogens (primary N) is 1. The van der Waals surface area contributed by atoms with Crippen LogP contribution >= 0.6 is 0 Å². The average Bonchev–Trinajstić information content (AvgIpc) is 2.75. The molecule has 0 saturated heterocycles. The van der Waals surface area contributed by atoms with Crippen molar-refractivity contribution in [3.8, 4) is 0 Å². The molecule has 2 atom stereocenters. The van der Waals surface area contributed by atoms with Gasteiger partial charge in [0.05, 0.1) is 6.61 Å². The summed E-state index contributed by atoms with van der Waals surface area (Å²) in [4.78, 5) is 2.34. The second-order valence-corrected chi connectivity index (χ2v) is 5.03. The van der Waals surface area contributed by atoms with Crippen LogP contribution in [0.2, 0.25) is 0 Å². The number of aliphatic hydroxyl groups excluding tert-OH is 1. The van der Waals surface area contributed by atoms with Gasteiger partial charge in [0.15, 0.2) is 0 Å². The van der Waals surface area contributed by atoms with Crippen LogP contribution in [0, 0.1) is 5.92 Å². The summed E-state index contributed by atoms with van der Waals surface area (Å²) in [5.41, 5.74) is 9.43. The van der Waals surface area contributed by atoms with Crippen LogP contribution in [0.15, 0.2) is 18.2 Å². The van der Waals surface area contributed by atoms with Gasteiger partial charge in [0.25, 0.3) is 0 Å². The second kappa shape index (κ2) is 5.07. The van der Waals surface area contributed by atoms with Crippen molar-refractivity contribution in [1.82, 2.24) is 4.90 Å². The molecule has 0 spiro atoms. The summed E-state index contributed by atoms with van der Waals surface area (Å²) in [7, 11) is 0. The fourth-order valence-corrected chi connectivity index (χ4v) is 2.64. The molecule has 1 heterocycles. The molecule has 3 nitrogen and oxygen atoms in total. The molecule has 3 N–H and O–H groups in total. The predicted octanol–water partition coefficient (Wildman–Crippen LogP) is 1.99. The van der Waals surface area contributed by atoms with Crippen LogP contribution in [0.25, 0.3) is 0 Å². The van der Waals surface area contributed by atoms with Gasteiger partial charge in [-0.15, -0.1) is 0 Å². The molecule has 1 aliphatic rings. The minimum Gasteiger partial charge on any atom is -0.398 e. The third-order valence-electron chi connectivity index (χ3n) is 4.00. The monoisotopic (exact) mass is 234 g/mol. The normalized spacial score (nSPS) is 19.0. The molecule has 0 radical (unpaired) electrons. The zero-order chi connectivity index (χ0) is 12.4. The molecule has 0 aliphatic carbocycles. The standard InChI is InChI=1S/C14H22N2O/c1-3-10(2)14(9-17)16-7-11-5-4-6-13(15)12(11)8-16/h4-6,10,14,17H,3,7-9,15H2,1-2H3. The van der Waals surface area contributed by atoms with E-state index in [-0.39, 0.29) is 12.6 Å². The molecule has 0 saturated carbocycles. The topological polar surface area (TPSA) is 49.5 Å². The van der Waals surface area contributed by atoms with Crippen LogP contribution in [-0.4, -0.2) is 22.7 Å². The highest BCUT2D eigenvalue weighted by atomic mass is 16.3. The average molecular weight is 234 g/mol. The summed E-state index contributed by atoms with van der Waals surface area (Å²) in [6.07, 6.45) is 1.09. The van der Waals surface area contributed by atoms with E-state index >= 15 is 0 Å². The fourth-order valence-electron chi connectivity index (χ4n) is 2.64. The van der Waals surface area contributed by atoms with E-state index in [0.29, 0.717) is 5.92 Å². The molecule has 1 aliphatic heterocycles. The largest absolute Gasteiger partial charge is 0.398 e. The van der Waals surface area contributed by atoms with E-state index in [9.17, 15) is 5.11 Å². The molecule has 94 valence electrons. The molecule has 0 bridgehead atoms. The Hall–Kier alpha value is -1.06. The highest BCUT2D eigenvalue weighted by Crippen LogP contribution is 2.30. The molecular formula is C14H22N2O. The first-order valence-electron chi connectivity index (χ1n) is 6.38. The Kier molecular flexibility index (Phi) is 3.69.